The average Bonchev–Trinajstić information content (AvgIpc) is 2.22. The Hall–Kier alpha value is -1.15. The number of alkyl halides is 3. The summed E-state index contributed by atoms with van der Waals surface area (Å²) in [4.78, 5) is 10.7. The molecule has 18 heavy (non-hydrogen) atoms. The van der Waals surface area contributed by atoms with Gasteiger partial charge in [-0.2, -0.15) is 13.2 Å². The van der Waals surface area contributed by atoms with Gasteiger partial charge in [-0.25, -0.2) is 9.18 Å². The fraction of sp³-hybridized carbons (Fsp3) is 0.300. The summed E-state index contributed by atoms with van der Waals surface area (Å²) in [6, 6.07) is 3.37. The highest BCUT2D eigenvalue weighted by Crippen LogP contribution is 2.34. The lowest BCUT2D eigenvalue weighted by Crippen LogP contribution is -2.61. The molecule has 1 aromatic carbocycles. The van der Waals surface area contributed by atoms with Gasteiger partial charge in [0, 0.05) is 6.42 Å². The van der Waals surface area contributed by atoms with Gasteiger partial charge in [0.15, 0.2) is 0 Å². The fourth-order valence-corrected chi connectivity index (χ4v) is 1.69. The molecule has 100 valence electrons. The molecule has 0 saturated carbocycles. The van der Waals surface area contributed by atoms with Gasteiger partial charge in [0.25, 0.3) is 0 Å². The predicted octanol–water partition coefficient (Wildman–Crippen LogP) is 2.48. The van der Waals surface area contributed by atoms with Crippen molar-refractivity contribution in [2.75, 3.05) is 0 Å². The van der Waals surface area contributed by atoms with Crippen molar-refractivity contribution in [1.29, 1.82) is 0 Å². The van der Waals surface area contributed by atoms with E-state index in [1.807, 2.05) is 0 Å². The monoisotopic (exact) mass is 329 g/mol. The molecule has 0 saturated heterocycles. The second-order valence-corrected chi connectivity index (χ2v) is 4.46. The lowest BCUT2D eigenvalue weighted by molar-refractivity contribution is -0.201. The van der Waals surface area contributed by atoms with Crippen molar-refractivity contribution >= 4 is 21.9 Å². The quantitative estimate of drug-likeness (QED) is 0.837. The van der Waals surface area contributed by atoms with E-state index in [1.54, 1.807) is 0 Å². The van der Waals surface area contributed by atoms with E-state index in [0.717, 1.165) is 6.07 Å². The Morgan fingerprint density at radius 1 is 1.39 bits per heavy atom. The van der Waals surface area contributed by atoms with E-state index in [1.165, 1.54) is 12.1 Å². The molecule has 0 aliphatic rings. The number of benzene rings is 1. The molecular formula is C10H8BrF4NO2. The van der Waals surface area contributed by atoms with Crippen LogP contribution in [-0.2, 0) is 11.2 Å². The zero-order valence-corrected chi connectivity index (χ0v) is 10.3. The summed E-state index contributed by atoms with van der Waals surface area (Å²) in [6.45, 7) is 0. The molecule has 3 nitrogen and oxygen atoms in total. The highest BCUT2D eigenvalue weighted by molar-refractivity contribution is 9.10. The first-order chi connectivity index (χ1) is 8.09. The SMILES string of the molecule is NC(Cc1cccc(F)c1Br)(C(=O)O)C(F)(F)F. The van der Waals surface area contributed by atoms with Crippen LogP contribution in [0.15, 0.2) is 22.7 Å². The Balaban J connectivity index is 3.21. The number of hydrogen-bond acceptors (Lipinski definition) is 2. The van der Waals surface area contributed by atoms with Gasteiger partial charge < -0.3 is 10.8 Å². The molecule has 1 aromatic rings. The molecular weight excluding hydrogens is 322 g/mol. The van der Waals surface area contributed by atoms with Crippen molar-refractivity contribution in [3.63, 3.8) is 0 Å². The van der Waals surface area contributed by atoms with Crippen LogP contribution in [0.5, 0.6) is 0 Å². The second-order valence-electron chi connectivity index (χ2n) is 3.66. The van der Waals surface area contributed by atoms with Crippen LogP contribution in [0.4, 0.5) is 17.6 Å². The molecule has 1 rings (SSSR count). The Morgan fingerprint density at radius 3 is 2.39 bits per heavy atom. The zero-order valence-electron chi connectivity index (χ0n) is 8.76. The van der Waals surface area contributed by atoms with Gasteiger partial charge in [-0.1, -0.05) is 12.1 Å². The maximum Gasteiger partial charge on any atom is 0.417 e. The first-order valence-corrected chi connectivity index (χ1v) is 5.41. The first-order valence-electron chi connectivity index (χ1n) is 4.61. The van der Waals surface area contributed by atoms with Crippen LogP contribution < -0.4 is 5.73 Å². The number of aliphatic carboxylic acids is 1. The molecule has 0 aliphatic carbocycles. The molecule has 8 heteroatoms. The maximum atomic E-state index is 13.1. The molecule has 0 heterocycles. The van der Waals surface area contributed by atoms with Gasteiger partial charge in [0.05, 0.1) is 4.47 Å². The summed E-state index contributed by atoms with van der Waals surface area (Å²) in [5.41, 5.74) is 1.28. The highest BCUT2D eigenvalue weighted by atomic mass is 79.9. The summed E-state index contributed by atoms with van der Waals surface area (Å²) >= 11 is 2.76. The normalized spacial score (nSPS) is 15.2. The van der Waals surface area contributed by atoms with Crippen molar-refractivity contribution in [2.45, 2.75) is 18.1 Å². The van der Waals surface area contributed by atoms with Crippen molar-refractivity contribution in [3.05, 3.63) is 34.1 Å². The van der Waals surface area contributed by atoms with Crippen LogP contribution in [-0.4, -0.2) is 22.8 Å². The van der Waals surface area contributed by atoms with Gasteiger partial charge in [-0.15, -0.1) is 0 Å². The standard InChI is InChI=1S/C10H8BrF4NO2/c11-7-5(2-1-3-6(7)12)4-9(16,8(17)18)10(13,14)15/h1-3H,4,16H2,(H,17,18). The minimum atomic E-state index is -5.15. The topological polar surface area (TPSA) is 63.3 Å². The number of nitrogens with two attached hydrogens (primary N) is 1. The molecule has 3 N–H and O–H groups in total. The summed E-state index contributed by atoms with van der Waals surface area (Å²) in [7, 11) is 0. The zero-order chi connectivity index (χ0) is 14.1. The van der Waals surface area contributed by atoms with Gasteiger partial charge >= 0.3 is 12.1 Å². The highest BCUT2D eigenvalue weighted by Gasteiger charge is 2.58. The molecule has 1 atom stereocenters. The largest absolute Gasteiger partial charge is 0.480 e. The van der Waals surface area contributed by atoms with E-state index in [2.05, 4.69) is 15.9 Å². The molecule has 0 spiro atoms. The average molecular weight is 330 g/mol. The van der Waals surface area contributed by atoms with Crippen LogP contribution in [0.1, 0.15) is 5.56 Å². The third-order valence-corrected chi connectivity index (χ3v) is 3.28. The number of rotatable bonds is 3. The Morgan fingerprint density at radius 2 is 1.94 bits per heavy atom. The second kappa shape index (κ2) is 4.85. The van der Waals surface area contributed by atoms with E-state index in [9.17, 15) is 22.4 Å². The van der Waals surface area contributed by atoms with E-state index in [0.29, 0.717) is 0 Å². The van der Waals surface area contributed by atoms with Crippen molar-refractivity contribution in [2.24, 2.45) is 5.73 Å². The summed E-state index contributed by atoms with van der Waals surface area (Å²) in [6.07, 6.45) is -6.21. The van der Waals surface area contributed by atoms with E-state index < -0.39 is 29.9 Å². The first kappa shape index (κ1) is 14.9. The molecule has 0 aliphatic heterocycles. The summed E-state index contributed by atoms with van der Waals surface area (Å²) < 4.78 is 50.9. The Labute approximate surface area is 108 Å². The fourth-order valence-electron chi connectivity index (χ4n) is 1.28. The van der Waals surface area contributed by atoms with Crippen LogP contribution in [0.3, 0.4) is 0 Å². The molecule has 0 amide bonds. The van der Waals surface area contributed by atoms with Gasteiger partial charge in [-0.05, 0) is 27.6 Å². The molecule has 0 radical (unpaired) electrons. The summed E-state index contributed by atoms with van der Waals surface area (Å²) in [5.74, 6) is -3.01. The number of carboxylic acid groups (broad SMARTS) is 1. The minimum Gasteiger partial charge on any atom is -0.480 e. The van der Waals surface area contributed by atoms with Crippen LogP contribution >= 0.6 is 15.9 Å². The maximum absolute atomic E-state index is 13.1. The van der Waals surface area contributed by atoms with Crippen molar-refractivity contribution in [3.8, 4) is 0 Å². The number of carbonyl (C=O) groups is 1. The third kappa shape index (κ3) is 2.64. The lowest BCUT2D eigenvalue weighted by Gasteiger charge is -2.27. The minimum absolute atomic E-state index is 0.169. The molecule has 1 unspecified atom stereocenters. The van der Waals surface area contributed by atoms with E-state index in [-0.39, 0.29) is 10.0 Å². The number of halogens is 5. The Bertz CT molecular complexity index is 477. The van der Waals surface area contributed by atoms with Gasteiger partial charge in [0.1, 0.15) is 5.82 Å². The summed E-state index contributed by atoms with van der Waals surface area (Å²) in [5, 5.41) is 8.64. The van der Waals surface area contributed by atoms with Gasteiger partial charge in [0.2, 0.25) is 5.54 Å². The predicted molar refractivity (Wildman–Crippen MR) is 58.4 cm³/mol. The van der Waals surface area contributed by atoms with Crippen LogP contribution in [0.25, 0.3) is 0 Å². The smallest absolute Gasteiger partial charge is 0.417 e. The molecule has 0 fully saturated rings. The molecule has 0 aromatic heterocycles. The number of hydrogen-bond donors (Lipinski definition) is 2. The van der Waals surface area contributed by atoms with Gasteiger partial charge in [-0.3, -0.25) is 0 Å². The lowest BCUT2D eigenvalue weighted by atomic mass is 9.91. The van der Waals surface area contributed by atoms with Crippen LogP contribution in [0.2, 0.25) is 0 Å². The van der Waals surface area contributed by atoms with Crippen molar-refractivity contribution in [1.82, 2.24) is 0 Å². The Kier molecular flexibility index (Phi) is 4.02. The van der Waals surface area contributed by atoms with E-state index >= 15 is 0 Å². The molecule has 0 bridgehead atoms. The van der Waals surface area contributed by atoms with E-state index in [4.69, 9.17) is 10.8 Å². The van der Waals surface area contributed by atoms with Crippen LogP contribution in [0, 0.1) is 5.82 Å². The third-order valence-electron chi connectivity index (χ3n) is 2.39. The van der Waals surface area contributed by atoms with Crippen molar-refractivity contribution < 1.29 is 27.5 Å². The number of carboxylic acids is 1.